The van der Waals surface area contributed by atoms with Gasteiger partial charge in [0.1, 0.15) is 5.69 Å². The third-order valence-corrected chi connectivity index (χ3v) is 8.21. The van der Waals surface area contributed by atoms with E-state index in [1.807, 2.05) is 133 Å². The van der Waals surface area contributed by atoms with E-state index in [1.54, 1.807) is 6.07 Å². The second-order valence-corrected chi connectivity index (χ2v) is 10.9. The summed E-state index contributed by atoms with van der Waals surface area (Å²) in [5, 5.41) is 11.6. The molecule has 45 heavy (non-hydrogen) atoms. The normalized spacial score (nSPS) is 11.7. The summed E-state index contributed by atoms with van der Waals surface area (Å²) in [4.78, 5) is 26.4. The van der Waals surface area contributed by atoms with Crippen LogP contribution in [0.25, 0.3) is 55.0 Å². The number of azo groups is 1. The average molecular weight is 584 g/mol. The number of hydrogen-bond acceptors (Lipinski definition) is 5. The van der Waals surface area contributed by atoms with Crippen LogP contribution in [0.2, 0.25) is 0 Å². The van der Waals surface area contributed by atoms with Gasteiger partial charge in [-0.2, -0.15) is 5.11 Å². The number of fused-ring (bicyclic) bond motifs is 4. The van der Waals surface area contributed by atoms with E-state index in [0.717, 1.165) is 33.4 Å². The van der Waals surface area contributed by atoms with Crippen LogP contribution < -0.4 is 16.6 Å². The van der Waals surface area contributed by atoms with Gasteiger partial charge in [-0.3, -0.25) is 9.59 Å². The minimum atomic E-state index is -0.000572. The first kappa shape index (κ1) is 26.3. The SMILES string of the molecule is Nc1ccc(-n2c3ccccc3c(=O)c3ccccc32)cc1N=Nc1ccc(-n2c3ccccc3c(=O)c3ccccc32)cc1. The summed E-state index contributed by atoms with van der Waals surface area (Å²) in [6.45, 7) is 0. The molecule has 8 rings (SSSR count). The van der Waals surface area contributed by atoms with Crippen LogP contribution in [0, 0.1) is 0 Å². The Morgan fingerprint density at radius 2 is 0.844 bits per heavy atom. The third-order valence-electron chi connectivity index (χ3n) is 8.21. The lowest BCUT2D eigenvalue weighted by Crippen LogP contribution is -2.10. The number of hydrogen-bond donors (Lipinski definition) is 1. The Balaban J connectivity index is 1.20. The number of nitrogens with zero attached hydrogens (tertiary/aromatic N) is 4. The lowest BCUT2D eigenvalue weighted by Gasteiger charge is -2.16. The van der Waals surface area contributed by atoms with Crippen LogP contribution in [0.15, 0.2) is 159 Å². The minimum absolute atomic E-state index is 0.000572. The number of anilines is 1. The molecule has 0 aliphatic heterocycles. The molecule has 7 nitrogen and oxygen atoms in total. The molecule has 0 spiro atoms. The molecule has 2 aromatic heterocycles. The standard InChI is InChI=1S/C38H25N5O2/c39-31-22-21-26(43-35-15-7-3-11-29(35)38(45)30-12-4-8-16-36(30)43)23-32(31)41-40-24-17-19-25(20-18-24)42-33-13-5-1-9-27(33)37(44)28-10-2-6-14-34(28)42/h1-23H,39H2. The average Bonchev–Trinajstić information content (AvgIpc) is 3.09. The number of para-hydroxylation sites is 4. The van der Waals surface area contributed by atoms with Gasteiger partial charge in [-0.25, -0.2) is 0 Å². The van der Waals surface area contributed by atoms with E-state index in [-0.39, 0.29) is 10.9 Å². The highest BCUT2D eigenvalue weighted by molar-refractivity contribution is 5.96. The molecule has 0 amide bonds. The largest absolute Gasteiger partial charge is 0.397 e. The molecule has 2 heterocycles. The fourth-order valence-corrected chi connectivity index (χ4v) is 6.09. The molecule has 6 aromatic carbocycles. The van der Waals surface area contributed by atoms with Gasteiger partial charge in [0.15, 0.2) is 10.9 Å². The predicted octanol–water partition coefficient (Wildman–Crippen LogP) is 8.60. The summed E-state index contributed by atoms with van der Waals surface area (Å²) in [5.74, 6) is 0. The molecule has 0 saturated heterocycles. The number of aromatic nitrogens is 2. The molecule has 2 N–H and O–H groups in total. The van der Waals surface area contributed by atoms with Gasteiger partial charge in [0.25, 0.3) is 0 Å². The first-order valence-corrected chi connectivity index (χ1v) is 14.6. The molecule has 7 heteroatoms. The van der Waals surface area contributed by atoms with Crippen LogP contribution >= 0.6 is 0 Å². The maximum absolute atomic E-state index is 13.2. The Morgan fingerprint density at radius 3 is 1.31 bits per heavy atom. The molecule has 0 radical (unpaired) electrons. The first-order valence-electron chi connectivity index (χ1n) is 14.6. The zero-order valence-electron chi connectivity index (χ0n) is 24.0. The topological polar surface area (TPSA) is 94.7 Å². The van der Waals surface area contributed by atoms with Crippen LogP contribution in [0.4, 0.5) is 17.1 Å². The lowest BCUT2D eigenvalue weighted by atomic mass is 10.1. The fourth-order valence-electron chi connectivity index (χ4n) is 6.09. The summed E-state index contributed by atoms with van der Waals surface area (Å²) in [5.41, 5.74) is 13.0. The molecular weight excluding hydrogens is 558 g/mol. The van der Waals surface area contributed by atoms with Crippen molar-refractivity contribution in [2.75, 3.05) is 5.73 Å². The van der Waals surface area contributed by atoms with Crippen molar-refractivity contribution in [3.63, 3.8) is 0 Å². The maximum Gasteiger partial charge on any atom is 0.197 e. The number of pyridine rings is 2. The van der Waals surface area contributed by atoms with E-state index in [1.165, 1.54) is 0 Å². The van der Waals surface area contributed by atoms with Crippen molar-refractivity contribution in [3.8, 4) is 11.4 Å². The van der Waals surface area contributed by atoms with E-state index in [2.05, 4.69) is 19.4 Å². The van der Waals surface area contributed by atoms with Gasteiger partial charge in [0.05, 0.1) is 33.4 Å². The van der Waals surface area contributed by atoms with Gasteiger partial charge in [-0.1, -0.05) is 48.5 Å². The van der Waals surface area contributed by atoms with Gasteiger partial charge in [-0.05, 0) is 91.0 Å². The lowest BCUT2D eigenvalue weighted by molar-refractivity contribution is 1.14. The Labute approximate surface area is 256 Å². The summed E-state index contributed by atoms with van der Waals surface area (Å²) in [6.07, 6.45) is 0. The van der Waals surface area contributed by atoms with E-state index in [4.69, 9.17) is 5.73 Å². The molecule has 214 valence electrons. The molecular formula is C38H25N5O2. The van der Waals surface area contributed by atoms with Gasteiger partial charge in [0.2, 0.25) is 0 Å². The zero-order valence-corrected chi connectivity index (χ0v) is 24.0. The number of rotatable bonds is 4. The van der Waals surface area contributed by atoms with Crippen molar-refractivity contribution in [2.24, 2.45) is 10.2 Å². The van der Waals surface area contributed by atoms with Gasteiger partial charge in [-0.15, -0.1) is 5.11 Å². The molecule has 0 saturated carbocycles. The van der Waals surface area contributed by atoms with Crippen molar-refractivity contribution in [2.45, 2.75) is 0 Å². The van der Waals surface area contributed by atoms with E-state index >= 15 is 0 Å². The zero-order chi connectivity index (χ0) is 30.5. The summed E-state index contributed by atoms with van der Waals surface area (Å²) < 4.78 is 4.14. The number of nitrogen functional groups attached to an aromatic ring is 1. The van der Waals surface area contributed by atoms with E-state index in [0.29, 0.717) is 38.6 Å². The van der Waals surface area contributed by atoms with Crippen molar-refractivity contribution >= 4 is 60.7 Å². The highest BCUT2D eigenvalue weighted by atomic mass is 16.1. The fraction of sp³-hybridized carbons (Fsp3) is 0. The molecule has 0 aliphatic carbocycles. The number of benzene rings is 6. The van der Waals surface area contributed by atoms with Crippen LogP contribution in [-0.4, -0.2) is 9.13 Å². The van der Waals surface area contributed by atoms with Gasteiger partial charge >= 0.3 is 0 Å². The first-order chi connectivity index (χ1) is 22.1. The second-order valence-electron chi connectivity index (χ2n) is 10.9. The summed E-state index contributed by atoms with van der Waals surface area (Å²) in [7, 11) is 0. The molecule has 0 aliphatic rings. The van der Waals surface area contributed by atoms with E-state index < -0.39 is 0 Å². The van der Waals surface area contributed by atoms with Gasteiger partial charge in [0, 0.05) is 32.9 Å². The van der Waals surface area contributed by atoms with Crippen molar-refractivity contribution in [1.29, 1.82) is 0 Å². The quantitative estimate of drug-likeness (QED) is 0.128. The molecule has 8 aromatic rings. The molecule has 0 unspecified atom stereocenters. The number of nitrogens with two attached hydrogens (primary N) is 1. The van der Waals surface area contributed by atoms with Crippen LogP contribution in [0.3, 0.4) is 0 Å². The Bertz CT molecular complexity index is 2480. The highest BCUT2D eigenvalue weighted by Crippen LogP contribution is 2.31. The highest BCUT2D eigenvalue weighted by Gasteiger charge is 2.14. The van der Waals surface area contributed by atoms with Crippen molar-refractivity contribution < 1.29 is 0 Å². The van der Waals surface area contributed by atoms with Gasteiger partial charge < -0.3 is 14.9 Å². The molecule has 0 atom stereocenters. The maximum atomic E-state index is 13.2. The monoisotopic (exact) mass is 583 g/mol. The Hall–Kier alpha value is -6.34. The predicted molar refractivity (Wildman–Crippen MR) is 183 cm³/mol. The van der Waals surface area contributed by atoms with Crippen LogP contribution in [-0.2, 0) is 0 Å². The molecule has 0 fully saturated rings. The Kier molecular flexibility index (Phi) is 6.10. The van der Waals surface area contributed by atoms with Crippen LogP contribution in [0.1, 0.15) is 0 Å². The molecule has 0 bridgehead atoms. The third kappa shape index (κ3) is 4.29. The summed E-state index contributed by atoms with van der Waals surface area (Å²) in [6, 6.07) is 43.8. The van der Waals surface area contributed by atoms with Crippen molar-refractivity contribution in [3.05, 3.63) is 160 Å². The minimum Gasteiger partial charge on any atom is -0.397 e. The van der Waals surface area contributed by atoms with Crippen LogP contribution in [0.5, 0.6) is 0 Å². The summed E-state index contributed by atoms with van der Waals surface area (Å²) >= 11 is 0. The van der Waals surface area contributed by atoms with Crippen molar-refractivity contribution in [1.82, 2.24) is 9.13 Å². The Morgan fingerprint density at radius 1 is 0.444 bits per heavy atom. The second kappa shape index (κ2) is 10.4. The van der Waals surface area contributed by atoms with E-state index in [9.17, 15) is 9.59 Å². The smallest absolute Gasteiger partial charge is 0.197 e.